The average molecular weight is 511 g/mol. The molecule has 1 N–H and O–H groups in total. The van der Waals surface area contributed by atoms with E-state index < -0.39 is 27.6 Å². The van der Waals surface area contributed by atoms with Crippen LogP contribution in [-0.2, 0) is 22.6 Å². The highest BCUT2D eigenvalue weighted by Crippen LogP contribution is 2.49. The maximum absolute atomic E-state index is 14.3. The van der Waals surface area contributed by atoms with Crippen molar-refractivity contribution >= 4 is 10.0 Å². The molecule has 5 rings (SSSR count). The topological polar surface area (TPSA) is 49.4 Å². The molecule has 0 spiro atoms. The van der Waals surface area contributed by atoms with Crippen LogP contribution in [-0.4, -0.2) is 44.7 Å². The number of benzene rings is 2. The molecule has 2 aromatic rings. The molecule has 1 aliphatic heterocycles. The zero-order chi connectivity index (χ0) is 24.8. The monoisotopic (exact) mass is 510 g/mol. The Morgan fingerprint density at radius 1 is 0.971 bits per heavy atom. The highest BCUT2D eigenvalue weighted by atomic mass is 32.2. The number of rotatable bonds is 8. The van der Waals surface area contributed by atoms with Gasteiger partial charge in [0.25, 0.3) is 0 Å². The second-order valence-corrected chi connectivity index (χ2v) is 12.2. The zero-order valence-electron chi connectivity index (χ0n) is 19.4. The normalized spacial score (nSPS) is 25.2. The van der Waals surface area contributed by atoms with Gasteiger partial charge in [-0.25, -0.2) is 17.5 Å². The number of alkyl halides is 3. The van der Waals surface area contributed by atoms with Crippen LogP contribution in [0.2, 0.25) is 0 Å². The molecule has 4 nitrogen and oxygen atoms in total. The number of nitrogens with zero attached hydrogens (tertiary/aromatic N) is 1. The molecule has 1 saturated carbocycles. The van der Waals surface area contributed by atoms with E-state index in [2.05, 4.69) is 9.62 Å². The fourth-order valence-electron chi connectivity index (χ4n) is 5.72. The van der Waals surface area contributed by atoms with E-state index in [-0.39, 0.29) is 29.5 Å². The Morgan fingerprint density at radius 2 is 1.74 bits per heavy atom. The van der Waals surface area contributed by atoms with E-state index in [1.807, 2.05) is 0 Å². The first-order valence-corrected chi connectivity index (χ1v) is 13.8. The van der Waals surface area contributed by atoms with Gasteiger partial charge >= 0.3 is 6.18 Å². The minimum atomic E-state index is -4.42. The van der Waals surface area contributed by atoms with Crippen molar-refractivity contribution in [1.29, 1.82) is 0 Å². The molecule has 1 saturated heterocycles. The molecule has 2 aliphatic carbocycles. The Kier molecular flexibility index (Phi) is 6.70. The molecule has 35 heavy (non-hydrogen) atoms. The number of halogens is 4. The molecule has 1 heterocycles. The van der Waals surface area contributed by atoms with E-state index >= 15 is 0 Å². The number of likely N-dealkylation sites (tertiary alicyclic amines) is 1. The van der Waals surface area contributed by atoms with E-state index in [0.717, 1.165) is 43.1 Å². The second kappa shape index (κ2) is 9.48. The van der Waals surface area contributed by atoms with Crippen molar-refractivity contribution in [2.24, 2.45) is 5.92 Å². The lowest BCUT2D eigenvalue weighted by Crippen LogP contribution is -2.44. The van der Waals surface area contributed by atoms with Crippen molar-refractivity contribution in [3.05, 3.63) is 70.5 Å². The van der Waals surface area contributed by atoms with Crippen LogP contribution >= 0.6 is 0 Å². The van der Waals surface area contributed by atoms with Crippen LogP contribution < -0.4 is 4.72 Å². The summed E-state index contributed by atoms with van der Waals surface area (Å²) in [7, 11) is -3.45. The maximum Gasteiger partial charge on any atom is 0.416 e. The van der Waals surface area contributed by atoms with Crippen molar-refractivity contribution < 1.29 is 26.0 Å². The lowest BCUT2D eigenvalue weighted by Gasteiger charge is -2.37. The van der Waals surface area contributed by atoms with Gasteiger partial charge in [0, 0.05) is 19.0 Å². The molecule has 3 atom stereocenters. The highest BCUT2D eigenvalue weighted by molar-refractivity contribution is 7.90. The number of hydrogen-bond donors (Lipinski definition) is 1. The summed E-state index contributed by atoms with van der Waals surface area (Å²) < 4.78 is 82.6. The molecule has 190 valence electrons. The van der Waals surface area contributed by atoms with Gasteiger partial charge in [0.2, 0.25) is 10.0 Å². The van der Waals surface area contributed by atoms with Crippen LogP contribution in [0, 0.1) is 11.7 Å². The molecule has 0 amide bonds. The lowest BCUT2D eigenvalue weighted by atomic mass is 9.82. The molecule has 0 radical (unpaired) electrons. The molecular formula is C26H30F4N2O2S. The summed E-state index contributed by atoms with van der Waals surface area (Å²) in [6.07, 6.45) is -0.745. The first kappa shape index (κ1) is 24.7. The van der Waals surface area contributed by atoms with Gasteiger partial charge < -0.3 is 4.90 Å². The van der Waals surface area contributed by atoms with Crippen LogP contribution in [0.5, 0.6) is 0 Å². The third kappa shape index (κ3) is 5.13. The van der Waals surface area contributed by atoms with Crippen LogP contribution in [0.25, 0.3) is 0 Å². The molecule has 2 fully saturated rings. The Bertz CT molecular complexity index is 1180. The van der Waals surface area contributed by atoms with Crippen molar-refractivity contribution in [3.8, 4) is 0 Å². The quantitative estimate of drug-likeness (QED) is 0.505. The van der Waals surface area contributed by atoms with Crippen molar-refractivity contribution in [2.45, 2.75) is 55.4 Å². The standard InChI is InChI=1S/C26H30F4N2O2S/c27-19-8-9-21-22(13-17-4-1-5-18(12-17)26(28,29)30)25(16-32-10-3-11-32)24(23(21)14-19)15-31-35(33,34)20-6-2-7-20/h1,4-5,8-9,12,14,20,22,24-25,31H,2-3,6-7,10-11,13,15-16H2. The summed E-state index contributed by atoms with van der Waals surface area (Å²) in [4.78, 5) is 2.29. The van der Waals surface area contributed by atoms with E-state index in [9.17, 15) is 26.0 Å². The summed E-state index contributed by atoms with van der Waals surface area (Å²) in [5.41, 5.74) is 1.56. The first-order valence-electron chi connectivity index (χ1n) is 12.3. The lowest BCUT2D eigenvalue weighted by molar-refractivity contribution is -0.137. The highest BCUT2D eigenvalue weighted by Gasteiger charge is 2.43. The molecule has 2 aromatic carbocycles. The fourth-order valence-corrected chi connectivity index (χ4v) is 7.32. The third-order valence-corrected chi connectivity index (χ3v) is 9.92. The summed E-state index contributed by atoms with van der Waals surface area (Å²) >= 11 is 0. The maximum atomic E-state index is 14.3. The van der Waals surface area contributed by atoms with Gasteiger partial charge in [-0.3, -0.25) is 0 Å². The van der Waals surface area contributed by atoms with Gasteiger partial charge in [0.05, 0.1) is 10.8 Å². The van der Waals surface area contributed by atoms with Crippen molar-refractivity contribution in [1.82, 2.24) is 9.62 Å². The van der Waals surface area contributed by atoms with Gasteiger partial charge in [0.15, 0.2) is 0 Å². The van der Waals surface area contributed by atoms with Gasteiger partial charge in [-0.05, 0) is 85.5 Å². The Balaban J connectivity index is 1.46. The number of hydrogen-bond acceptors (Lipinski definition) is 3. The van der Waals surface area contributed by atoms with Gasteiger partial charge in [-0.15, -0.1) is 0 Å². The molecule has 3 aliphatic rings. The van der Waals surface area contributed by atoms with Gasteiger partial charge in [-0.1, -0.05) is 30.7 Å². The summed E-state index contributed by atoms with van der Waals surface area (Å²) in [6, 6.07) is 9.98. The molecule has 0 aromatic heterocycles. The fraction of sp³-hybridized carbons (Fsp3) is 0.538. The smallest absolute Gasteiger partial charge is 0.303 e. The zero-order valence-corrected chi connectivity index (χ0v) is 20.2. The largest absolute Gasteiger partial charge is 0.416 e. The number of fused-ring (bicyclic) bond motifs is 1. The summed E-state index contributed by atoms with van der Waals surface area (Å²) in [5.74, 6) is -0.802. The third-order valence-electron chi connectivity index (χ3n) is 8.00. The van der Waals surface area contributed by atoms with Crippen LogP contribution in [0.15, 0.2) is 42.5 Å². The minimum absolute atomic E-state index is 0.0364. The molecular weight excluding hydrogens is 480 g/mol. The van der Waals surface area contributed by atoms with Crippen LogP contribution in [0.3, 0.4) is 0 Å². The van der Waals surface area contributed by atoms with Gasteiger partial charge in [-0.2, -0.15) is 13.2 Å². The molecule has 3 unspecified atom stereocenters. The van der Waals surface area contributed by atoms with Crippen molar-refractivity contribution in [3.63, 3.8) is 0 Å². The Morgan fingerprint density at radius 3 is 2.37 bits per heavy atom. The number of nitrogens with one attached hydrogen (secondary N) is 1. The van der Waals surface area contributed by atoms with E-state index in [4.69, 9.17) is 0 Å². The molecule has 9 heteroatoms. The van der Waals surface area contributed by atoms with Crippen LogP contribution in [0.1, 0.15) is 59.8 Å². The van der Waals surface area contributed by atoms with Gasteiger partial charge in [0.1, 0.15) is 5.82 Å². The average Bonchev–Trinajstić information content (AvgIpc) is 2.99. The minimum Gasteiger partial charge on any atom is -0.303 e. The predicted octanol–water partition coefficient (Wildman–Crippen LogP) is 5.06. The Labute approximate surface area is 203 Å². The SMILES string of the molecule is O=S(=O)(NCC1c2cc(F)ccc2C(Cc2cccc(C(F)(F)F)c2)C1CN1CCC1)C1CCC1. The van der Waals surface area contributed by atoms with E-state index in [1.165, 1.54) is 24.3 Å². The second-order valence-electron chi connectivity index (χ2n) is 10.2. The van der Waals surface area contributed by atoms with Crippen molar-refractivity contribution in [2.75, 3.05) is 26.2 Å². The molecule has 0 bridgehead atoms. The predicted molar refractivity (Wildman–Crippen MR) is 126 cm³/mol. The number of sulfonamides is 1. The van der Waals surface area contributed by atoms with Crippen LogP contribution in [0.4, 0.5) is 17.6 Å². The summed E-state index contributed by atoms with van der Waals surface area (Å²) in [6.45, 7) is 2.76. The van der Waals surface area contributed by atoms with E-state index in [1.54, 1.807) is 12.1 Å². The van der Waals surface area contributed by atoms with E-state index in [0.29, 0.717) is 31.4 Å². The summed E-state index contributed by atoms with van der Waals surface area (Å²) in [5, 5.41) is -0.370. The first-order chi connectivity index (χ1) is 16.6. The Hall–Kier alpha value is -1.97.